The van der Waals surface area contributed by atoms with Crippen LogP contribution in [0.5, 0.6) is 0 Å². The summed E-state index contributed by atoms with van der Waals surface area (Å²) in [5.41, 5.74) is 0.910. The topological polar surface area (TPSA) is 91.2 Å². The van der Waals surface area contributed by atoms with Gasteiger partial charge in [0, 0.05) is 19.2 Å². The summed E-state index contributed by atoms with van der Waals surface area (Å²) >= 11 is 0. The molecule has 0 N–H and O–H groups in total. The molecule has 0 aliphatic carbocycles. The zero-order chi connectivity index (χ0) is 20.6. The maximum atomic E-state index is 12.9. The maximum absolute atomic E-state index is 12.9. The first-order valence-corrected chi connectivity index (χ1v) is 9.49. The van der Waals surface area contributed by atoms with Crippen LogP contribution in [0.25, 0.3) is 10.9 Å². The van der Waals surface area contributed by atoms with E-state index in [0.717, 1.165) is 12.2 Å². The van der Waals surface area contributed by atoms with Gasteiger partial charge in [-0.05, 0) is 42.2 Å². The van der Waals surface area contributed by atoms with Gasteiger partial charge in [0.25, 0.3) is 5.56 Å². The normalized spacial score (nSPS) is 15.0. The number of carbonyl (C=O) groups is 2. The largest absolute Gasteiger partial charge is 0.454 e. The number of benzene rings is 1. The van der Waals surface area contributed by atoms with Crippen LogP contribution in [-0.2, 0) is 17.7 Å². The van der Waals surface area contributed by atoms with E-state index in [1.807, 2.05) is 0 Å². The molecule has 7 heteroatoms. The smallest absolute Gasteiger partial charge is 0.338 e. The van der Waals surface area contributed by atoms with Crippen LogP contribution in [0, 0.1) is 5.41 Å². The SMILES string of the molecule is CC1(C)CCc2nc3cc(C(=O)OCC(=O)c4ccccn4)ccc3c(=O)n2C1. The van der Waals surface area contributed by atoms with Crippen molar-refractivity contribution in [2.45, 2.75) is 33.2 Å². The van der Waals surface area contributed by atoms with E-state index in [0.29, 0.717) is 23.9 Å². The molecule has 0 radical (unpaired) electrons. The minimum atomic E-state index is -0.642. The first kappa shape index (κ1) is 19.0. The van der Waals surface area contributed by atoms with Gasteiger partial charge in [-0.1, -0.05) is 19.9 Å². The summed E-state index contributed by atoms with van der Waals surface area (Å²) in [5.74, 6) is -0.289. The number of aryl methyl sites for hydroxylation is 1. The molecule has 0 unspecified atom stereocenters. The molecule has 0 fully saturated rings. The second-order valence-corrected chi connectivity index (χ2v) is 8.03. The molecule has 3 heterocycles. The van der Waals surface area contributed by atoms with Gasteiger partial charge < -0.3 is 4.74 Å². The Kier molecular flexibility index (Phi) is 4.74. The number of ketones is 1. The standard InChI is InChI=1S/C22H21N3O4/c1-22(2)9-8-19-24-17-11-14(6-7-15(17)20(27)25(19)13-22)21(28)29-12-18(26)16-5-3-4-10-23-16/h3-7,10-11H,8-9,12-13H2,1-2H3. The van der Waals surface area contributed by atoms with Crippen molar-refractivity contribution in [1.82, 2.24) is 14.5 Å². The predicted molar refractivity (Wildman–Crippen MR) is 107 cm³/mol. The average Bonchev–Trinajstić information content (AvgIpc) is 2.72. The zero-order valence-electron chi connectivity index (χ0n) is 16.3. The summed E-state index contributed by atoms with van der Waals surface area (Å²) in [5, 5.41) is 0.465. The number of fused-ring (bicyclic) bond motifs is 2. The summed E-state index contributed by atoms with van der Waals surface area (Å²) in [7, 11) is 0. The third-order valence-corrected chi connectivity index (χ3v) is 5.17. The van der Waals surface area contributed by atoms with Gasteiger partial charge in [0.2, 0.25) is 5.78 Å². The molecule has 4 rings (SSSR count). The van der Waals surface area contributed by atoms with Crippen LogP contribution in [0.4, 0.5) is 0 Å². The van der Waals surface area contributed by atoms with E-state index in [1.54, 1.807) is 34.9 Å². The Morgan fingerprint density at radius 2 is 2.03 bits per heavy atom. The van der Waals surface area contributed by atoms with Crippen LogP contribution in [-0.4, -0.2) is 32.9 Å². The zero-order valence-corrected chi connectivity index (χ0v) is 16.3. The van der Waals surface area contributed by atoms with Gasteiger partial charge in [-0.2, -0.15) is 0 Å². The summed E-state index contributed by atoms with van der Waals surface area (Å²) in [6.07, 6.45) is 3.16. The van der Waals surface area contributed by atoms with Crippen LogP contribution >= 0.6 is 0 Å². The Hall–Kier alpha value is -3.35. The molecule has 7 nitrogen and oxygen atoms in total. The van der Waals surface area contributed by atoms with Crippen molar-refractivity contribution in [2.75, 3.05) is 6.61 Å². The quantitative estimate of drug-likeness (QED) is 0.502. The van der Waals surface area contributed by atoms with Crippen LogP contribution < -0.4 is 5.56 Å². The second kappa shape index (κ2) is 7.24. The Balaban J connectivity index is 1.57. The fraction of sp³-hybridized carbons (Fsp3) is 0.318. The van der Waals surface area contributed by atoms with Crippen molar-refractivity contribution >= 4 is 22.7 Å². The van der Waals surface area contributed by atoms with E-state index in [4.69, 9.17) is 4.74 Å². The van der Waals surface area contributed by atoms with E-state index in [2.05, 4.69) is 23.8 Å². The number of hydrogen-bond donors (Lipinski definition) is 0. The van der Waals surface area contributed by atoms with E-state index < -0.39 is 12.6 Å². The minimum Gasteiger partial charge on any atom is -0.454 e. The molecule has 29 heavy (non-hydrogen) atoms. The molecule has 2 aromatic heterocycles. The van der Waals surface area contributed by atoms with Gasteiger partial charge in [-0.15, -0.1) is 0 Å². The molecule has 3 aromatic rings. The third kappa shape index (κ3) is 3.81. The molecular formula is C22H21N3O4. The minimum absolute atomic E-state index is 0.0517. The van der Waals surface area contributed by atoms with Gasteiger partial charge in [0.1, 0.15) is 11.5 Å². The number of ether oxygens (including phenoxy) is 1. The molecule has 0 saturated carbocycles. The number of aromatic nitrogens is 3. The van der Waals surface area contributed by atoms with Crippen molar-refractivity contribution < 1.29 is 14.3 Å². The monoisotopic (exact) mass is 391 g/mol. The summed E-state index contributed by atoms with van der Waals surface area (Å²) in [6.45, 7) is 4.50. The summed E-state index contributed by atoms with van der Waals surface area (Å²) < 4.78 is 6.86. The predicted octanol–water partition coefficient (Wildman–Crippen LogP) is 2.80. The number of hydrogen-bond acceptors (Lipinski definition) is 6. The van der Waals surface area contributed by atoms with Gasteiger partial charge in [-0.3, -0.25) is 19.1 Å². The molecular weight excluding hydrogens is 370 g/mol. The molecule has 0 atom stereocenters. The van der Waals surface area contributed by atoms with Gasteiger partial charge in [-0.25, -0.2) is 9.78 Å². The Bertz CT molecular complexity index is 1170. The van der Waals surface area contributed by atoms with Crippen molar-refractivity contribution in [3.63, 3.8) is 0 Å². The van der Waals surface area contributed by atoms with E-state index in [-0.39, 0.29) is 28.0 Å². The highest BCUT2D eigenvalue weighted by Crippen LogP contribution is 2.29. The van der Waals surface area contributed by atoms with E-state index >= 15 is 0 Å². The second-order valence-electron chi connectivity index (χ2n) is 8.03. The average molecular weight is 391 g/mol. The first-order chi connectivity index (χ1) is 13.8. The lowest BCUT2D eigenvalue weighted by Gasteiger charge is -2.31. The summed E-state index contributed by atoms with van der Waals surface area (Å²) in [4.78, 5) is 45.8. The molecule has 148 valence electrons. The molecule has 0 amide bonds. The number of rotatable bonds is 4. The van der Waals surface area contributed by atoms with Crippen LogP contribution in [0.2, 0.25) is 0 Å². The fourth-order valence-corrected chi connectivity index (χ4v) is 3.52. The van der Waals surface area contributed by atoms with E-state index in [9.17, 15) is 14.4 Å². The van der Waals surface area contributed by atoms with Gasteiger partial charge >= 0.3 is 5.97 Å². The van der Waals surface area contributed by atoms with E-state index in [1.165, 1.54) is 12.3 Å². The van der Waals surface area contributed by atoms with Crippen molar-refractivity contribution in [3.8, 4) is 0 Å². The Morgan fingerprint density at radius 1 is 1.21 bits per heavy atom. The molecule has 1 aliphatic rings. The molecule has 0 bridgehead atoms. The third-order valence-electron chi connectivity index (χ3n) is 5.17. The number of Topliss-reactive ketones (excluding diaryl/α,β-unsaturated/α-hetero) is 1. The highest BCUT2D eigenvalue weighted by atomic mass is 16.5. The lowest BCUT2D eigenvalue weighted by molar-refractivity contribution is 0.0473. The van der Waals surface area contributed by atoms with Crippen molar-refractivity contribution in [2.24, 2.45) is 5.41 Å². The van der Waals surface area contributed by atoms with Crippen molar-refractivity contribution in [1.29, 1.82) is 0 Å². The highest BCUT2D eigenvalue weighted by molar-refractivity contribution is 5.99. The number of esters is 1. The van der Waals surface area contributed by atoms with Crippen molar-refractivity contribution in [3.05, 3.63) is 70.0 Å². The highest BCUT2D eigenvalue weighted by Gasteiger charge is 2.27. The lowest BCUT2D eigenvalue weighted by atomic mass is 9.85. The summed E-state index contributed by atoms with van der Waals surface area (Å²) in [6, 6.07) is 9.63. The maximum Gasteiger partial charge on any atom is 0.338 e. The fourth-order valence-electron chi connectivity index (χ4n) is 3.52. The lowest BCUT2D eigenvalue weighted by Crippen LogP contribution is -2.36. The molecule has 0 spiro atoms. The first-order valence-electron chi connectivity index (χ1n) is 9.49. The number of carbonyl (C=O) groups excluding carboxylic acids is 2. The van der Waals surface area contributed by atoms with Gasteiger partial charge in [0.05, 0.1) is 16.5 Å². The number of pyridine rings is 1. The Labute approximate surface area is 167 Å². The Morgan fingerprint density at radius 3 is 2.79 bits per heavy atom. The van der Waals surface area contributed by atoms with Crippen LogP contribution in [0.1, 0.15) is 46.9 Å². The van der Waals surface area contributed by atoms with Crippen LogP contribution in [0.15, 0.2) is 47.4 Å². The van der Waals surface area contributed by atoms with Crippen LogP contribution in [0.3, 0.4) is 0 Å². The molecule has 1 aliphatic heterocycles. The molecule has 0 saturated heterocycles. The number of nitrogens with zero attached hydrogens (tertiary/aromatic N) is 3. The molecule has 1 aromatic carbocycles. The van der Waals surface area contributed by atoms with Gasteiger partial charge in [0.15, 0.2) is 6.61 Å².